The Labute approximate surface area is 161 Å². The average molecular weight is 368 g/mol. The van der Waals surface area contributed by atoms with Crippen LogP contribution in [-0.2, 0) is 6.42 Å². The minimum Gasteiger partial charge on any atom is -0.493 e. The number of likely N-dealkylation sites (N-methyl/N-ethyl adjacent to an activating group) is 1. The summed E-state index contributed by atoms with van der Waals surface area (Å²) >= 11 is 0. The van der Waals surface area contributed by atoms with Gasteiger partial charge in [0, 0.05) is 18.7 Å². The topological polar surface area (TPSA) is 50.8 Å². The SMILES string of the molecule is CCN1CCc2cc(OC)c(OC)cc2C1CNC(=O)c1ccccc1C. The van der Waals surface area contributed by atoms with Crippen LogP contribution in [0.2, 0.25) is 0 Å². The summed E-state index contributed by atoms with van der Waals surface area (Å²) in [4.78, 5) is 15.1. The van der Waals surface area contributed by atoms with Crippen molar-refractivity contribution in [1.82, 2.24) is 10.2 Å². The molecule has 2 aromatic rings. The van der Waals surface area contributed by atoms with Gasteiger partial charge in [-0.15, -0.1) is 0 Å². The molecule has 1 unspecified atom stereocenters. The Morgan fingerprint density at radius 3 is 2.56 bits per heavy atom. The highest BCUT2D eigenvalue weighted by molar-refractivity contribution is 5.95. The molecule has 0 aliphatic carbocycles. The van der Waals surface area contributed by atoms with Gasteiger partial charge < -0.3 is 14.8 Å². The molecule has 0 fully saturated rings. The fraction of sp³-hybridized carbons (Fsp3) is 0.409. The van der Waals surface area contributed by atoms with Crippen LogP contribution in [0.15, 0.2) is 36.4 Å². The van der Waals surface area contributed by atoms with Crippen LogP contribution in [0.5, 0.6) is 11.5 Å². The second-order valence-corrected chi connectivity index (χ2v) is 6.83. The van der Waals surface area contributed by atoms with Gasteiger partial charge in [-0.2, -0.15) is 0 Å². The summed E-state index contributed by atoms with van der Waals surface area (Å²) in [6.45, 7) is 6.56. The van der Waals surface area contributed by atoms with Gasteiger partial charge in [-0.1, -0.05) is 25.1 Å². The van der Waals surface area contributed by atoms with Gasteiger partial charge >= 0.3 is 0 Å². The van der Waals surface area contributed by atoms with Crippen molar-refractivity contribution in [1.29, 1.82) is 0 Å². The Bertz CT molecular complexity index is 819. The van der Waals surface area contributed by atoms with E-state index in [-0.39, 0.29) is 11.9 Å². The minimum absolute atomic E-state index is 0.0308. The molecule has 1 amide bonds. The number of benzene rings is 2. The molecular weight excluding hydrogens is 340 g/mol. The summed E-state index contributed by atoms with van der Waals surface area (Å²) in [5.41, 5.74) is 4.17. The van der Waals surface area contributed by atoms with E-state index in [0.29, 0.717) is 6.54 Å². The molecule has 1 heterocycles. The third-order valence-corrected chi connectivity index (χ3v) is 5.37. The summed E-state index contributed by atoms with van der Waals surface area (Å²) in [6.07, 6.45) is 0.964. The summed E-state index contributed by atoms with van der Waals surface area (Å²) in [7, 11) is 3.31. The Balaban J connectivity index is 1.85. The van der Waals surface area contributed by atoms with E-state index in [1.807, 2.05) is 31.2 Å². The molecule has 5 heteroatoms. The number of nitrogens with zero attached hydrogens (tertiary/aromatic N) is 1. The molecule has 0 radical (unpaired) electrons. The maximum absolute atomic E-state index is 12.7. The van der Waals surface area contributed by atoms with Gasteiger partial charge in [0.1, 0.15) is 0 Å². The van der Waals surface area contributed by atoms with Gasteiger partial charge in [0.25, 0.3) is 5.91 Å². The van der Waals surface area contributed by atoms with Crippen LogP contribution in [0.4, 0.5) is 0 Å². The highest BCUT2D eigenvalue weighted by atomic mass is 16.5. The number of ether oxygens (including phenoxy) is 2. The zero-order chi connectivity index (χ0) is 19.4. The molecule has 1 atom stereocenters. The second-order valence-electron chi connectivity index (χ2n) is 6.83. The number of rotatable bonds is 6. The highest BCUT2D eigenvalue weighted by Gasteiger charge is 2.28. The number of hydrogen-bond donors (Lipinski definition) is 1. The summed E-state index contributed by atoms with van der Waals surface area (Å²) in [5, 5.41) is 3.13. The van der Waals surface area contributed by atoms with Crippen LogP contribution in [-0.4, -0.2) is 44.7 Å². The smallest absolute Gasteiger partial charge is 0.251 e. The van der Waals surface area contributed by atoms with Crippen molar-refractivity contribution in [2.45, 2.75) is 26.3 Å². The highest BCUT2D eigenvalue weighted by Crippen LogP contribution is 2.37. The lowest BCUT2D eigenvalue weighted by atomic mass is 9.91. The lowest BCUT2D eigenvalue weighted by molar-refractivity contribution is 0.0930. The molecular formula is C22H28N2O3. The fourth-order valence-corrected chi connectivity index (χ4v) is 3.81. The van der Waals surface area contributed by atoms with E-state index in [4.69, 9.17) is 9.47 Å². The molecule has 0 saturated carbocycles. The number of methoxy groups -OCH3 is 2. The first-order valence-corrected chi connectivity index (χ1v) is 9.41. The number of amides is 1. The van der Waals surface area contributed by atoms with Gasteiger partial charge in [-0.25, -0.2) is 0 Å². The van der Waals surface area contributed by atoms with Gasteiger partial charge in [0.05, 0.1) is 20.3 Å². The van der Waals surface area contributed by atoms with Crippen molar-refractivity contribution in [2.24, 2.45) is 0 Å². The van der Waals surface area contributed by atoms with E-state index in [9.17, 15) is 4.79 Å². The predicted octanol–water partition coefficient (Wildman–Crippen LogP) is 3.36. The van der Waals surface area contributed by atoms with Crippen molar-refractivity contribution in [3.8, 4) is 11.5 Å². The molecule has 1 aliphatic heterocycles. The van der Waals surface area contributed by atoms with Gasteiger partial charge in [0.2, 0.25) is 0 Å². The van der Waals surface area contributed by atoms with Crippen molar-refractivity contribution >= 4 is 5.91 Å². The molecule has 0 spiro atoms. The summed E-state index contributed by atoms with van der Waals surface area (Å²) < 4.78 is 11.0. The van der Waals surface area contributed by atoms with E-state index >= 15 is 0 Å². The van der Waals surface area contributed by atoms with E-state index in [1.54, 1.807) is 14.2 Å². The third kappa shape index (κ3) is 3.93. The molecule has 1 aliphatic rings. The average Bonchev–Trinajstić information content (AvgIpc) is 2.70. The van der Waals surface area contributed by atoms with Crippen molar-refractivity contribution in [2.75, 3.05) is 33.9 Å². The third-order valence-electron chi connectivity index (χ3n) is 5.37. The molecule has 27 heavy (non-hydrogen) atoms. The van der Waals surface area contributed by atoms with Crippen LogP contribution in [0.1, 0.15) is 40.0 Å². The number of hydrogen-bond acceptors (Lipinski definition) is 4. The molecule has 1 N–H and O–H groups in total. The van der Waals surface area contributed by atoms with Crippen LogP contribution in [0, 0.1) is 6.92 Å². The first kappa shape index (κ1) is 19.2. The quantitative estimate of drug-likeness (QED) is 0.849. The molecule has 3 rings (SSSR count). The largest absolute Gasteiger partial charge is 0.493 e. The van der Waals surface area contributed by atoms with Gasteiger partial charge in [-0.3, -0.25) is 9.69 Å². The zero-order valence-electron chi connectivity index (χ0n) is 16.5. The normalized spacial score (nSPS) is 16.5. The van der Waals surface area contributed by atoms with E-state index in [1.165, 1.54) is 11.1 Å². The van der Waals surface area contributed by atoms with Crippen LogP contribution in [0.3, 0.4) is 0 Å². The van der Waals surface area contributed by atoms with Crippen LogP contribution < -0.4 is 14.8 Å². The number of carbonyl (C=O) groups excluding carboxylic acids is 1. The molecule has 0 bridgehead atoms. The first-order chi connectivity index (χ1) is 13.1. The second kappa shape index (κ2) is 8.44. The van der Waals surface area contributed by atoms with E-state index in [2.05, 4.69) is 29.3 Å². The molecule has 0 aromatic heterocycles. The summed E-state index contributed by atoms with van der Waals surface area (Å²) in [5.74, 6) is 1.45. The fourth-order valence-electron chi connectivity index (χ4n) is 3.81. The Morgan fingerprint density at radius 1 is 1.19 bits per heavy atom. The van der Waals surface area contributed by atoms with E-state index in [0.717, 1.165) is 42.1 Å². The minimum atomic E-state index is -0.0308. The standard InChI is InChI=1S/C22H28N2O3/c1-5-24-11-10-16-12-20(26-3)21(27-4)13-18(16)19(24)14-23-22(25)17-9-7-6-8-15(17)2/h6-9,12-13,19H,5,10-11,14H2,1-4H3,(H,23,25). The van der Waals surface area contributed by atoms with Crippen LogP contribution >= 0.6 is 0 Å². The van der Waals surface area contributed by atoms with Crippen molar-refractivity contribution in [3.05, 3.63) is 58.7 Å². The van der Waals surface area contributed by atoms with Crippen molar-refractivity contribution in [3.63, 3.8) is 0 Å². The molecule has 5 nitrogen and oxygen atoms in total. The monoisotopic (exact) mass is 368 g/mol. The van der Waals surface area contributed by atoms with Crippen molar-refractivity contribution < 1.29 is 14.3 Å². The first-order valence-electron chi connectivity index (χ1n) is 9.41. The predicted molar refractivity (Wildman–Crippen MR) is 107 cm³/mol. The zero-order valence-corrected chi connectivity index (χ0v) is 16.5. The maximum atomic E-state index is 12.7. The Morgan fingerprint density at radius 2 is 1.89 bits per heavy atom. The number of nitrogens with one attached hydrogen (secondary N) is 1. The lowest BCUT2D eigenvalue weighted by Gasteiger charge is -2.37. The van der Waals surface area contributed by atoms with Crippen LogP contribution in [0.25, 0.3) is 0 Å². The Hall–Kier alpha value is -2.53. The number of aryl methyl sites for hydroxylation is 1. The number of fused-ring (bicyclic) bond motifs is 1. The Kier molecular flexibility index (Phi) is 6.01. The van der Waals surface area contributed by atoms with Gasteiger partial charge in [-0.05, 0) is 54.8 Å². The maximum Gasteiger partial charge on any atom is 0.251 e. The van der Waals surface area contributed by atoms with Gasteiger partial charge in [0.15, 0.2) is 11.5 Å². The summed E-state index contributed by atoms with van der Waals surface area (Å²) in [6, 6.07) is 11.9. The molecule has 144 valence electrons. The molecule has 2 aromatic carbocycles. The lowest BCUT2D eigenvalue weighted by Crippen LogP contribution is -2.42. The molecule has 0 saturated heterocycles. The number of carbonyl (C=O) groups is 1. The van der Waals surface area contributed by atoms with E-state index < -0.39 is 0 Å².